The van der Waals surface area contributed by atoms with Crippen molar-refractivity contribution in [3.05, 3.63) is 75.9 Å². The molecule has 35 heavy (non-hydrogen) atoms. The number of thiophene rings is 1. The fraction of sp³-hybridized carbons (Fsp3) is 0.393. The molecule has 1 aliphatic carbocycles. The van der Waals surface area contributed by atoms with E-state index in [-0.39, 0.29) is 0 Å². The fourth-order valence-corrected chi connectivity index (χ4v) is 4.03. The topological polar surface area (TPSA) is 68.8 Å². The molecule has 0 bridgehead atoms. The number of allylic oxidation sites excluding steroid dienone is 4. The van der Waals surface area contributed by atoms with Gasteiger partial charge in [-0.2, -0.15) is 0 Å². The molecule has 0 atom stereocenters. The fourth-order valence-electron chi connectivity index (χ4n) is 3.31. The molecular weight excluding hydrogens is 460 g/mol. The van der Waals surface area contributed by atoms with E-state index >= 15 is 0 Å². The van der Waals surface area contributed by atoms with Crippen LogP contribution in [0.15, 0.2) is 65.5 Å². The first-order chi connectivity index (χ1) is 17.2. The Morgan fingerprint density at radius 3 is 2.43 bits per heavy atom. The molecule has 2 aliphatic rings. The third-order valence-electron chi connectivity index (χ3n) is 5.07. The predicted molar refractivity (Wildman–Crippen MR) is 146 cm³/mol. The Kier molecular flexibility index (Phi) is 13.7. The molecule has 2 aromatic rings. The van der Waals surface area contributed by atoms with Gasteiger partial charge in [-0.05, 0) is 66.3 Å². The molecule has 2 heterocycles. The summed E-state index contributed by atoms with van der Waals surface area (Å²) in [7, 11) is 1.95. The van der Waals surface area contributed by atoms with Crippen molar-refractivity contribution in [1.82, 2.24) is 10.6 Å². The van der Waals surface area contributed by atoms with Crippen molar-refractivity contribution < 1.29 is 19.0 Å². The SMILES string of the molecule is CC.CCOCCNCCNC.O=Cc1cc(-c2ccc(C3=CCC=C4OCOC4=C3)cc2)cs1. The number of fused-ring (bicyclic) bond motifs is 1. The Hall–Kier alpha value is -2.71. The summed E-state index contributed by atoms with van der Waals surface area (Å²) in [6, 6.07) is 10.3. The van der Waals surface area contributed by atoms with Crippen LogP contribution >= 0.6 is 11.3 Å². The van der Waals surface area contributed by atoms with E-state index in [0.717, 1.165) is 84.2 Å². The Balaban J connectivity index is 0.000000307. The van der Waals surface area contributed by atoms with Gasteiger partial charge in [-0.25, -0.2) is 0 Å². The Bertz CT molecular complexity index is 969. The highest BCUT2D eigenvalue weighted by Crippen LogP contribution is 2.31. The maximum absolute atomic E-state index is 10.8. The molecule has 0 saturated carbocycles. The number of carbonyl (C=O) groups is 1. The zero-order valence-corrected chi connectivity index (χ0v) is 22.1. The van der Waals surface area contributed by atoms with Crippen LogP contribution in [0.3, 0.4) is 0 Å². The van der Waals surface area contributed by atoms with Crippen LogP contribution < -0.4 is 10.6 Å². The van der Waals surface area contributed by atoms with Gasteiger partial charge in [0.2, 0.25) is 6.79 Å². The summed E-state index contributed by atoms with van der Waals surface area (Å²) in [5.74, 6) is 1.62. The van der Waals surface area contributed by atoms with E-state index in [2.05, 4.69) is 41.0 Å². The zero-order valence-electron chi connectivity index (χ0n) is 21.3. The van der Waals surface area contributed by atoms with Crippen molar-refractivity contribution >= 4 is 23.2 Å². The average Bonchev–Trinajstić information content (AvgIpc) is 3.53. The Morgan fingerprint density at radius 1 is 1.00 bits per heavy atom. The maximum Gasteiger partial charge on any atom is 0.231 e. The van der Waals surface area contributed by atoms with Crippen LogP contribution in [-0.2, 0) is 14.2 Å². The first kappa shape index (κ1) is 28.5. The van der Waals surface area contributed by atoms with Crippen molar-refractivity contribution in [1.29, 1.82) is 0 Å². The summed E-state index contributed by atoms with van der Waals surface area (Å²) < 4.78 is 16.0. The number of benzene rings is 1. The zero-order chi connectivity index (χ0) is 25.3. The van der Waals surface area contributed by atoms with Crippen LogP contribution in [-0.4, -0.2) is 53.0 Å². The molecule has 2 N–H and O–H groups in total. The van der Waals surface area contributed by atoms with Gasteiger partial charge < -0.3 is 24.8 Å². The normalized spacial score (nSPS) is 13.8. The highest BCUT2D eigenvalue weighted by molar-refractivity contribution is 7.12. The smallest absolute Gasteiger partial charge is 0.231 e. The second-order valence-electron chi connectivity index (χ2n) is 7.36. The van der Waals surface area contributed by atoms with Gasteiger partial charge in [0.15, 0.2) is 17.8 Å². The van der Waals surface area contributed by atoms with Crippen molar-refractivity contribution in [2.75, 3.05) is 46.7 Å². The van der Waals surface area contributed by atoms with E-state index in [0.29, 0.717) is 6.79 Å². The minimum atomic E-state index is 0.293. The monoisotopic (exact) mass is 498 g/mol. The second-order valence-corrected chi connectivity index (χ2v) is 8.30. The van der Waals surface area contributed by atoms with E-state index in [4.69, 9.17) is 14.2 Å². The van der Waals surface area contributed by atoms with E-state index in [1.54, 1.807) is 0 Å². The number of ether oxygens (including phenoxy) is 3. The predicted octanol–water partition coefficient (Wildman–Crippen LogP) is 5.64. The number of hydrogen-bond acceptors (Lipinski definition) is 7. The van der Waals surface area contributed by atoms with Crippen LogP contribution in [0.4, 0.5) is 0 Å². The molecule has 1 saturated heterocycles. The molecule has 0 radical (unpaired) electrons. The molecule has 0 amide bonds. The van der Waals surface area contributed by atoms with Crippen LogP contribution in [0.1, 0.15) is 42.4 Å². The molecule has 7 heteroatoms. The average molecular weight is 499 g/mol. The van der Waals surface area contributed by atoms with Crippen LogP contribution in [0.5, 0.6) is 0 Å². The van der Waals surface area contributed by atoms with Gasteiger partial charge in [-0.1, -0.05) is 44.2 Å². The van der Waals surface area contributed by atoms with Crippen molar-refractivity contribution in [2.45, 2.75) is 27.2 Å². The minimum absolute atomic E-state index is 0.293. The van der Waals surface area contributed by atoms with Crippen LogP contribution in [0.25, 0.3) is 16.7 Å². The third-order valence-corrected chi connectivity index (χ3v) is 5.92. The number of likely N-dealkylation sites (N-methyl/N-ethyl adjacent to an activating group) is 1. The van der Waals surface area contributed by atoms with E-state index in [9.17, 15) is 4.79 Å². The molecule has 1 aromatic carbocycles. The van der Waals surface area contributed by atoms with Gasteiger partial charge in [0, 0.05) is 26.2 Å². The van der Waals surface area contributed by atoms with Gasteiger partial charge in [0.05, 0.1) is 11.5 Å². The van der Waals surface area contributed by atoms with E-state index < -0.39 is 0 Å². The number of aldehydes is 1. The summed E-state index contributed by atoms with van der Waals surface area (Å²) in [4.78, 5) is 11.6. The standard InChI is InChI=1S/C19H14O3S.C7H18N2O.C2H6/c20-10-17-8-16(11-23-17)14-6-4-13(5-7-14)15-2-1-3-18-19(9-15)22-12-21-18;1-3-10-7-6-9-5-4-8-2;1-2/h2-11H,1,12H2;8-9H,3-7H2,1-2H3;1-2H3. The quantitative estimate of drug-likeness (QED) is 0.326. The highest BCUT2D eigenvalue weighted by atomic mass is 32.1. The van der Waals surface area contributed by atoms with Gasteiger partial charge in [0.25, 0.3) is 0 Å². The Morgan fingerprint density at radius 2 is 1.74 bits per heavy atom. The molecule has 1 aromatic heterocycles. The molecule has 0 spiro atoms. The van der Waals surface area contributed by atoms with Gasteiger partial charge in [-0.15, -0.1) is 11.3 Å². The van der Waals surface area contributed by atoms with Crippen molar-refractivity contribution in [3.63, 3.8) is 0 Å². The second kappa shape index (κ2) is 16.8. The molecule has 6 nitrogen and oxygen atoms in total. The van der Waals surface area contributed by atoms with Crippen LogP contribution in [0.2, 0.25) is 0 Å². The number of carbonyl (C=O) groups excluding carboxylic acids is 1. The number of rotatable bonds is 10. The summed E-state index contributed by atoms with van der Waals surface area (Å²) >= 11 is 1.46. The molecule has 1 fully saturated rings. The van der Waals surface area contributed by atoms with Gasteiger partial charge >= 0.3 is 0 Å². The lowest BCUT2D eigenvalue weighted by Gasteiger charge is -2.05. The molecule has 4 rings (SSSR count). The highest BCUT2D eigenvalue weighted by Gasteiger charge is 2.18. The lowest BCUT2D eigenvalue weighted by molar-refractivity contribution is 0.0975. The largest absolute Gasteiger partial charge is 0.454 e. The molecular formula is C28H38N2O4S. The van der Waals surface area contributed by atoms with Crippen molar-refractivity contribution in [3.8, 4) is 11.1 Å². The molecule has 0 unspecified atom stereocenters. The van der Waals surface area contributed by atoms with E-state index in [1.807, 2.05) is 51.4 Å². The first-order valence-electron chi connectivity index (χ1n) is 12.2. The summed E-state index contributed by atoms with van der Waals surface area (Å²) in [5, 5.41) is 8.29. The Labute approximate surface area is 213 Å². The van der Waals surface area contributed by atoms with E-state index in [1.165, 1.54) is 11.3 Å². The first-order valence-corrected chi connectivity index (χ1v) is 13.1. The third kappa shape index (κ3) is 9.45. The molecule has 190 valence electrons. The summed E-state index contributed by atoms with van der Waals surface area (Å²) in [5.41, 5.74) is 4.45. The number of nitrogens with one attached hydrogen (secondary N) is 2. The minimum Gasteiger partial charge on any atom is -0.454 e. The summed E-state index contributed by atoms with van der Waals surface area (Å²) in [6.07, 6.45) is 7.93. The summed E-state index contributed by atoms with van der Waals surface area (Å²) in [6.45, 7) is 10.9. The molecule has 1 aliphatic heterocycles. The lowest BCUT2D eigenvalue weighted by Crippen LogP contribution is -2.27. The van der Waals surface area contributed by atoms with Crippen LogP contribution in [0, 0.1) is 0 Å². The van der Waals surface area contributed by atoms with Crippen molar-refractivity contribution in [2.24, 2.45) is 0 Å². The lowest BCUT2D eigenvalue weighted by atomic mass is 10.0. The maximum atomic E-state index is 10.8. The number of hydrogen-bond donors (Lipinski definition) is 2. The van der Waals surface area contributed by atoms with Gasteiger partial charge in [0.1, 0.15) is 0 Å². The van der Waals surface area contributed by atoms with Gasteiger partial charge in [-0.3, -0.25) is 4.79 Å².